The molecule has 1 N–H and O–H groups in total. The monoisotopic (exact) mass is 281 g/mol. The standard InChI is InChI=1S/C14H26F3NO/c1-6-10(3)8-11(13(4,5)7-2)12(19)18-9-14(15,16)17/h10-11H,6-9H2,1-5H3,(H,18,19). The van der Waals surface area contributed by atoms with Crippen molar-refractivity contribution in [3.63, 3.8) is 0 Å². The first-order valence-electron chi connectivity index (χ1n) is 6.88. The molecule has 0 heterocycles. The molecule has 5 heteroatoms. The van der Waals surface area contributed by atoms with Crippen LogP contribution in [0.25, 0.3) is 0 Å². The normalized spacial score (nSPS) is 16.0. The van der Waals surface area contributed by atoms with Gasteiger partial charge in [0.15, 0.2) is 0 Å². The number of rotatable bonds is 7. The predicted molar refractivity (Wildman–Crippen MR) is 70.7 cm³/mol. The van der Waals surface area contributed by atoms with Gasteiger partial charge in [0.25, 0.3) is 0 Å². The number of carbonyl (C=O) groups excluding carboxylic acids is 1. The number of nitrogens with one attached hydrogen (secondary N) is 1. The van der Waals surface area contributed by atoms with Crippen LogP contribution < -0.4 is 5.32 Å². The largest absolute Gasteiger partial charge is 0.405 e. The maximum atomic E-state index is 12.2. The highest BCUT2D eigenvalue weighted by molar-refractivity contribution is 5.79. The third-order valence-corrected chi connectivity index (χ3v) is 3.97. The molecule has 0 aromatic carbocycles. The van der Waals surface area contributed by atoms with E-state index in [0.717, 1.165) is 12.8 Å². The Morgan fingerprint density at radius 3 is 2.11 bits per heavy atom. The number of halogens is 3. The molecule has 114 valence electrons. The zero-order chi connectivity index (χ0) is 15.3. The minimum absolute atomic E-state index is 0.293. The summed E-state index contributed by atoms with van der Waals surface area (Å²) in [6.45, 7) is 8.63. The summed E-state index contributed by atoms with van der Waals surface area (Å²) in [6.07, 6.45) is -2.05. The lowest BCUT2D eigenvalue weighted by Crippen LogP contribution is -2.43. The van der Waals surface area contributed by atoms with Crippen LogP contribution in [0.3, 0.4) is 0 Å². The van der Waals surface area contributed by atoms with Crippen LogP contribution in [0.1, 0.15) is 53.9 Å². The van der Waals surface area contributed by atoms with Crippen LogP contribution >= 0.6 is 0 Å². The molecule has 19 heavy (non-hydrogen) atoms. The van der Waals surface area contributed by atoms with Crippen LogP contribution in [0.4, 0.5) is 13.2 Å². The van der Waals surface area contributed by atoms with Gasteiger partial charge in [0, 0.05) is 5.92 Å². The summed E-state index contributed by atoms with van der Waals surface area (Å²) >= 11 is 0. The molecule has 0 aliphatic heterocycles. The molecule has 0 saturated heterocycles. The Balaban J connectivity index is 4.79. The van der Waals surface area contributed by atoms with Gasteiger partial charge < -0.3 is 5.32 Å². The zero-order valence-corrected chi connectivity index (χ0v) is 12.5. The number of hydrogen-bond donors (Lipinski definition) is 1. The Morgan fingerprint density at radius 2 is 1.74 bits per heavy atom. The summed E-state index contributed by atoms with van der Waals surface area (Å²) in [7, 11) is 0. The van der Waals surface area contributed by atoms with Crippen molar-refractivity contribution in [2.45, 2.75) is 60.1 Å². The lowest BCUT2D eigenvalue weighted by molar-refractivity contribution is -0.143. The van der Waals surface area contributed by atoms with E-state index in [1.54, 1.807) is 0 Å². The maximum Gasteiger partial charge on any atom is 0.405 e. The predicted octanol–water partition coefficient (Wildman–Crippen LogP) is 4.15. The minimum atomic E-state index is -4.35. The quantitative estimate of drug-likeness (QED) is 0.746. The number of hydrogen-bond acceptors (Lipinski definition) is 1. The first-order valence-corrected chi connectivity index (χ1v) is 6.88. The van der Waals surface area contributed by atoms with Crippen LogP contribution in [0.2, 0.25) is 0 Å². The summed E-state index contributed by atoms with van der Waals surface area (Å²) in [4.78, 5) is 12.0. The highest BCUT2D eigenvalue weighted by Gasteiger charge is 2.36. The average molecular weight is 281 g/mol. The Morgan fingerprint density at radius 1 is 1.21 bits per heavy atom. The van der Waals surface area contributed by atoms with E-state index in [-0.39, 0.29) is 11.3 Å². The third-order valence-electron chi connectivity index (χ3n) is 3.97. The molecule has 0 aromatic heterocycles. The van der Waals surface area contributed by atoms with Gasteiger partial charge in [0.05, 0.1) is 0 Å². The molecule has 2 unspecified atom stereocenters. The van der Waals surface area contributed by atoms with Crippen LogP contribution in [0, 0.1) is 17.3 Å². The minimum Gasteiger partial charge on any atom is -0.347 e. The maximum absolute atomic E-state index is 12.2. The van der Waals surface area contributed by atoms with Crippen molar-refractivity contribution in [2.24, 2.45) is 17.3 Å². The molecule has 2 nitrogen and oxygen atoms in total. The summed E-state index contributed by atoms with van der Waals surface area (Å²) < 4.78 is 36.5. The first kappa shape index (κ1) is 18.3. The molecule has 0 rings (SSSR count). The summed E-state index contributed by atoms with van der Waals surface area (Å²) in [6, 6.07) is 0. The summed E-state index contributed by atoms with van der Waals surface area (Å²) in [5.74, 6) is -0.535. The number of amides is 1. The average Bonchev–Trinajstić information content (AvgIpc) is 2.31. The van der Waals surface area contributed by atoms with E-state index in [0.29, 0.717) is 12.3 Å². The molecule has 0 fully saturated rings. The number of alkyl halides is 3. The highest BCUT2D eigenvalue weighted by atomic mass is 19.4. The van der Waals surface area contributed by atoms with E-state index in [2.05, 4.69) is 0 Å². The second kappa shape index (κ2) is 7.15. The molecule has 0 saturated carbocycles. The van der Waals surface area contributed by atoms with Gasteiger partial charge in [-0.05, 0) is 17.8 Å². The van der Waals surface area contributed by atoms with E-state index in [9.17, 15) is 18.0 Å². The van der Waals surface area contributed by atoms with Crippen molar-refractivity contribution >= 4 is 5.91 Å². The van der Waals surface area contributed by atoms with E-state index in [4.69, 9.17) is 0 Å². The molecule has 0 radical (unpaired) electrons. The Labute approximate surface area is 114 Å². The van der Waals surface area contributed by atoms with E-state index >= 15 is 0 Å². The van der Waals surface area contributed by atoms with Crippen molar-refractivity contribution in [1.29, 1.82) is 0 Å². The second-order valence-corrected chi connectivity index (χ2v) is 5.98. The van der Waals surface area contributed by atoms with Crippen molar-refractivity contribution in [3.8, 4) is 0 Å². The second-order valence-electron chi connectivity index (χ2n) is 5.98. The van der Waals surface area contributed by atoms with Gasteiger partial charge in [-0.15, -0.1) is 0 Å². The fraction of sp³-hybridized carbons (Fsp3) is 0.929. The molecule has 0 aromatic rings. The van der Waals surface area contributed by atoms with Crippen molar-refractivity contribution in [1.82, 2.24) is 5.32 Å². The van der Waals surface area contributed by atoms with E-state index < -0.39 is 18.6 Å². The number of carbonyl (C=O) groups is 1. The van der Waals surface area contributed by atoms with Gasteiger partial charge in [-0.1, -0.05) is 47.5 Å². The molecule has 0 bridgehead atoms. The summed E-state index contributed by atoms with van der Waals surface area (Å²) in [5.41, 5.74) is -0.293. The fourth-order valence-corrected chi connectivity index (χ4v) is 1.91. The topological polar surface area (TPSA) is 29.1 Å². The van der Waals surface area contributed by atoms with Crippen molar-refractivity contribution in [2.75, 3.05) is 6.54 Å². The van der Waals surface area contributed by atoms with Crippen molar-refractivity contribution < 1.29 is 18.0 Å². The lowest BCUT2D eigenvalue weighted by Gasteiger charge is -2.34. The first-order chi connectivity index (χ1) is 8.53. The van der Waals surface area contributed by atoms with E-state index in [1.165, 1.54) is 0 Å². The van der Waals surface area contributed by atoms with Gasteiger partial charge in [0.1, 0.15) is 6.54 Å². The zero-order valence-electron chi connectivity index (χ0n) is 12.5. The van der Waals surface area contributed by atoms with Gasteiger partial charge in [-0.25, -0.2) is 0 Å². The Kier molecular flexibility index (Phi) is 6.87. The van der Waals surface area contributed by atoms with Crippen LogP contribution in [0.5, 0.6) is 0 Å². The van der Waals surface area contributed by atoms with Crippen LogP contribution in [-0.4, -0.2) is 18.6 Å². The van der Waals surface area contributed by atoms with E-state index in [1.807, 2.05) is 39.9 Å². The van der Waals surface area contributed by atoms with Crippen LogP contribution in [0.15, 0.2) is 0 Å². The van der Waals surface area contributed by atoms with Gasteiger partial charge in [-0.3, -0.25) is 4.79 Å². The Hall–Kier alpha value is -0.740. The third kappa shape index (κ3) is 6.83. The summed E-state index contributed by atoms with van der Waals surface area (Å²) in [5, 5.41) is 2.03. The highest BCUT2D eigenvalue weighted by Crippen LogP contribution is 2.35. The molecule has 2 atom stereocenters. The molecule has 0 aliphatic rings. The molecular formula is C14H26F3NO. The molecule has 1 amide bonds. The van der Waals surface area contributed by atoms with Crippen molar-refractivity contribution in [3.05, 3.63) is 0 Å². The van der Waals surface area contributed by atoms with Gasteiger partial charge >= 0.3 is 6.18 Å². The molecule has 0 spiro atoms. The fourth-order valence-electron chi connectivity index (χ4n) is 1.91. The Bertz CT molecular complexity index is 287. The van der Waals surface area contributed by atoms with Gasteiger partial charge in [0.2, 0.25) is 5.91 Å². The lowest BCUT2D eigenvalue weighted by atomic mass is 9.72. The SMILES string of the molecule is CCC(C)CC(C(=O)NCC(F)(F)F)C(C)(C)CC. The van der Waals surface area contributed by atoms with Crippen LogP contribution in [-0.2, 0) is 4.79 Å². The smallest absolute Gasteiger partial charge is 0.347 e. The molecular weight excluding hydrogens is 255 g/mol. The van der Waals surface area contributed by atoms with Gasteiger partial charge in [-0.2, -0.15) is 13.2 Å². The molecule has 0 aliphatic carbocycles.